The summed E-state index contributed by atoms with van der Waals surface area (Å²) in [7, 11) is 0. The molecule has 0 N–H and O–H groups in total. The van der Waals surface area contributed by atoms with Crippen molar-refractivity contribution in [2.24, 2.45) is 0 Å². The van der Waals surface area contributed by atoms with Gasteiger partial charge in [-0.2, -0.15) is 0 Å². The average molecular weight is 797 g/mol. The molecule has 0 saturated carbocycles. The van der Waals surface area contributed by atoms with Gasteiger partial charge in [0.1, 0.15) is 0 Å². The van der Waals surface area contributed by atoms with E-state index in [-0.39, 0.29) is 0 Å². The van der Waals surface area contributed by atoms with Gasteiger partial charge < -0.3 is 4.57 Å². The second kappa shape index (κ2) is 13.5. The Balaban J connectivity index is 1.13. The number of rotatable bonds is 5. The van der Waals surface area contributed by atoms with E-state index in [0.717, 1.165) is 45.5 Å². The van der Waals surface area contributed by atoms with Gasteiger partial charge >= 0.3 is 0 Å². The van der Waals surface area contributed by atoms with Gasteiger partial charge in [-0.25, -0.2) is 9.97 Å². The molecule has 0 radical (unpaired) electrons. The molecule has 0 atom stereocenters. The van der Waals surface area contributed by atoms with Crippen molar-refractivity contribution < 1.29 is 0 Å². The Labute approximate surface area is 355 Å². The summed E-state index contributed by atoms with van der Waals surface area (Å²) in [6, 6.07) is 63.8. The molecular formula is C56H36N4S. The van der Waals surface area contributed by atoms with Gasteiger partial charge in [0, 0.05) is 48.6 Å². The minimum absolute atomic E-state index is 0.713. The number of allylic oxidation sites excluding steroid dienone is 4. The third-order valence-corrected chi connectivity index (χ3v) is 13.7. The van der Waals surface area contributed by atoms with E-state index in [1.165, 1.54) is 81.4 Å². The molecule has 286 valence electrons. The Morgan fingerprint density at radius 2 is 1.20 bits per heavy atom. The largest absolute Gasteiger partial charge is 0.309 e. The van der Waals surface area contributed by atoms with E-state index >= 15 is 0 Å². The minimum atomic E-state index is 0.713. The second-order valence-corrected chi connectivity index (χ2v) is 17.1. The average Bonchev–Trinajstić information content (AvgIpc) is 4.03. The van der Waals surface area contributed by atoms with E-state index in [1.807, 2.05) is 6.07 Å². The molecule has 4 nitrogen and oxygen atoms in total. The predicted octanol–water partition coefficient (Wildman–Crippen LogP) is 15.4. The third-order valence-electron chi connectivity index (χ3n) is 12.5. The van der Waals surface area contributed by atoms with Gasteiger partial charge in [-0.15, -0.1) is 11.3 Å². The Morgan fingerprint density at radius 1 is 0.475 bits per heavy atom. The summed E-state index contributed by atoms with van der Waals surface area (Å²) in [4.78, 5) is 11.9. The zero-order chi connectivity index (χ0) is 40.0. The molecule has 12 aromatic rings. The van der Waals surface area contributed by atoms with Crippen molar-refractivity contribution >= 4 is 92.4 Å². The summed E-state index contributed by atoms with van der Waals surface area (Å²) < 4.78 is 5.98. The summed E-state index contributed by atoms with van der Waals surface area (Å²) in [5.41, 5.74) is 11.5. The first-order valence-electron chi connectivity index (χ1n) is 21.0. The maximum Gasteiger partial charge on any atom is 0.162 e. The molecule has 1 aliphatic carbocycles. The maximum absolute atomic E-state index is 5.51. The van der Waals surface area contributed by atoms with Crippen LogP contribution in [0.1, 0.15) is 12.8 Å². The van der Waals surface area contributed by atoms with Gasteiger partial charge in [-0.3, -0.25) is 4.57 Å². The fourth-order valence-electron chi connectivity index (χ4n) is 9.80. The molecule has 0 saturated heterocycles. The fourth-order valence-corrected chi connectivity index (χ4v) is 10.9. The van der Waals surface area contributed by atoms with Crippen molar-refractivity contribution in [1.29, 1.82) is 0 Å². The molecule has 0 aliphatic heterocycles. The smallest absolute Gasteiger partial charge is 0.162 e. The number of nitrogens with zero attached hydrogens (tertiary/aromatic N) is 4. The molecule has 4 aromatic heterocycles. The van der Waals surface area contributed by atoms with Crippen LogP contribution in [0.15, 0.2) is 194 Å². The highest BCUT2D eigenvalue weighted by Crippen LogP contribution is 2.45. The van der Waals surface area contributed by atoms with Crippen molar-refractivity contribution in [3.63, 3.8) is 0 Å². The van der Waals surface area contributed by atoms with Gasteiger partial charge in [-0.1, -0.05) is 164 Å². The van der Waals surface area contributed by atoms with Crippen LogP contribution < -0.4 is 0 Å². The van der Waals surface area contributed by atoms with Gasteiger partial charge in [-0.05, 0) is 70.5 Å². The zero-order valence-corrected chi connectivity index (χ0v) is 33.9. The normalized spacial score (nSPS) is 13.1. The highest BCUT2D eigenvalue weighted by atomic mass is 32.1. The number of fused-ring (bicyclic) bond motifs is 11. The quantitative estimate of drug-likeness (QED) is 0.174. The maximum atomic E-state index is 5.51. The number of hydrogen-bond acceptors (Lipinski definition) is 3. The molecule has 8 aromatic carbocycles. The summed E-state index contributed by atoms with van der Waals surface area (Å²) >= 11 is 1.76. The Morgan fingerprint density at radius 3 is 2.02 bits per heavy atom. The van der Waals surface area contributed by atoms with Gasteiger partial charge in [0.2, 0.25) is 0 Å². The summed E-state index contributed by atoms with van der Waals surface area (Å²) in [5, 5.41) is 9.86. The lowest BCUT2D eigenvalue weighted by molar-refractivity contribution is 1.02. The molecule has 61 heavy (non-hydrogen) atoms. The van der Waals surface area contributed by atoms with Crippen molar-refractivity contribution in [1.82, 2.24) is 19.1 Å². The first-order chi connectivity index (χ1) is 30.3. The van der Waals surface area contributed by atoms with E-state index in [9.17, 15) is 0 Å². The molecule has 13 rings (SSSR count). The van der Waals surface area contributed by atoms with E-state index in [2.05, 4.69) is 197 Å². The molecular weight excluding hydrogens is 761 g/mol. The number of thiophene rings is 1. The third kappa shape index (κ3) is 5.24. The number of aromatic nitrogens is 4. The van der Waals surface area contributed by atoms with Crippen LogP contribution in [0.25, 0.3) is 120 Å². The van der Waals surface area contributed by atoms with Crippen molar-refractivity contribution in [3.05, 3.63) is 194 Å². The van der Waals surface area contributed by atoms with E-state index < -0.39 is 0 Å². The molecule has 4 heterocycles. The first-order valence-corrected chi connectivity index (χ1v) is 21.8. The summed E-state index contributed by atoms with van der Waals surface area (Å²) in [5.74, 6) is 1.61. The lowest BCUT2D eigenvalue weighted by atomic mass is 9.98. The Bertz CT molecular complexity index is 3810. The molecule has 0 bridgehead atoms. The van der Waals surface area contributed by atoms with Crippen molar-refractivity contribution in [2.45, 2.75) is 12.8 Å². The van der Waals surface area contributed by atoms with Crippen LogP contribution >= 0.6 is 11.3 Å². The number of para-hydroxylation sites is 1. The Kier molecular flexibility index (Phi) is 7.57. The molecule has 0 unspecified atom stereocenters. The highest BCUT2D eigenvalue weighted by Gasteiger charge is 2.24. The van der Waals surface area contributed by atoms with Crippen LogP contribution in [0.5, 0.6) is 0 Å². The van der Waals surface area contributed by atoms with E-state index in [1.54, 1.807) is 11.3 Å². The van der Waals surface area contributed by atoms with Crippen LogP contribution in [0, 0.1) is 0 Å². The topological polar surface area (TPSA) is 35.6 Å². The zero-order valence-electron chi connectivity index (χ0n) is 33.1. The second-order valence-electron chi connectivity index (χ2n) is 16.0. The van der Waals surface area contributed by atoms with Gasteiger partial charge in [0.05, 0.1) is 32.3 Å². The van der Waals surface area contributed by atoms with Crippen molar-refractivity contribution in [3.8, 4) is 38.8 Å². The lowest BCUT2D eigenvalue weighted by Gasteiger charge is -2.15. The van der Waals surface area contributed by atoms with Gasteiger partial charge in [0.25, 0.3) is 0 Å². The molecule has 0 fully saturated rings. The minimum Gasteiger partial charge on any atom is -0.309 e. The fraction of sp³-hybridized carbons (Fsp3) is 0.0357. The van der Waals surface area contributed by atoms with Crippen molar-refractivity contribution in [2.75, 3.05) is 0 Å². The number of benzene rings is 8. The van der Waals surface area contributed by atoms with E-state index in [4.69, 9.17) is 9.97 Å². The predicted molar refractivity (Wildman–Crippen MR) is 259 cm³/mol. The SMILES string of the molecule is C1=CC(n2c3ccc4ccccc4c3c3cccc(-c4ccc5c(c4)c4ccc6ccccc6c4n5-c4nc(-c5ccccc5)nc5cc(-c6ccccc6)sc45)c32)=CCC1. The molecule has 0 spiro atoms. The molecule has 1 aliphatic rings. The van der Waals surface area contributed by atoms with Crippen LogP contribution in [0.2, 0.25) is 0 Å². The van der Waals surface area contributed by atoms with E-state index in [0.29, 0.717) is 5.82 Å². The van der Waals surface area contributed by atoms with Gasteiger partial charge in [0.15, 0.2) is 11.6 Å². The van der Waals surface area contributed by atoms with Crippen LogP contribution in [0.3, 0.4) is 0 Å². The molecule has 0 amide bonds. The summed E-state index contributed by atoms with van der Waals surface area (Å²) in [6.07, 6.45) is 9.10. The number of hydrogen-bond donors (Lipinski definition) is 0. The highest BCUT2D eigenvalue weighted by molar-refractivity contribution is 7.22. The monoisotopic (exact) mass is 796 g/mol. The first kappa shape index (κ1) is 34.3. The van der Waals surface area contributed by atoms with Crippen LogP contribution in [-0.2, 0) is 0 Å². The standard InChI is InChI=1S/C56H36N4S/c1-4-17-37(18-5-1)50-34-47-54(61-50)56(58-55(57-47)38-19-6-2-7-20-38)60-48-31-29-39(33-46(48)44-30-27-36-16-11-13-24-42(36)52(44)60)43-25-14-26-45-51-41-23-12-10-15-35(41)28-32-49(51)59(53(43)45)40-21-8-3-9-22-40/h1-2,4-8,10-34H,3,9H2. The Hall–Kier alpha value is -7.60. The lowest BCUT2D eigenvalue weighted by Crippen LogP contribution is -2.01. The molecule has 5 heteroatoms. The van der Waals surface area contributed by atoms with Crippen LogP contribution in [0.4, 0.5) is 0 Å². The van der Waals surface area contributed by atoms with Crippen LogP contribution in [-0.4, -0.2) is 19.1 Å². The summed E-state index contributed by atoms with van der Waals surface area (Å²) in [6.45, 7) is 0.